The van der Waals surface area contributed by atoms with E-state index in [-0.39, 0.29) is 11.8 Å². The number of nitrogens with one attached hydrogen (secondary N) is 1. The molecule has 0 aliphatic rings. The van der Waals surface area contributed by atoms with Gasteiger partial charge in [0.05, 0.1) is 17.3 Å². The zero-order valence-electron chi connectivity index (χ0n) is 10.9. The van der Waals surface area contributed by atoms with Crippen LogP contribution in [-0.4, -0.2) is 36.9 Å². The number of hydrogen-bond acceptors (Lipinski definition) is 3. The maximum atomic E-state index is 11.9. The monoisotopic (exact) mass is 249 g/mol. The molecular formula is C13H19N3O2. The van der Waals surface area contributed by atoms with Crippen LogP contribution in [0.5, 0.6) is 0 Å². The van der Waals surface area contributed by atoms with Crippen molar-refractivity contribution in [2.45, 2.75) is 19.4 Å². The largest absolute Gasteiger partial charge is 0.345 e. The zero-order valence-corrected chi connectivity index (χ0v) is 10.9. The van der Waals surface area contributed by atoms with E-state index in [1.54, 1.807) is 38.4 Å². The van der Waals surface area contributed by atoms with Gasteiger partial charge in [0.2, 0.25) is 5.91 Å². The lowest BCUT2D eigenvalue weighted by atomic mass is 10.1. The van der Waals surface area contributed by atoms with Crippen molar-refractivity contribution in [3.8, 4) is 0 Å². The molecule has 0 aliphatic carbocycles. The van der Waals surface area contributed by atoms with E-state index in [4.69, 9.17) is 5.73 Å². The fraction of sp³-hybridized carbons (Fsp3) is 0.385. The highest BCUT2D eigenvalue weighted by Gasteiger charge is 2.16. The summed E-state index contributed by atoms with van der Waals surface area (Å²) in [5, 5.41) is 2.69. The lowest BCUT2D eigenvalue weighted by Crippen LogP contribution is -2.35. The van der Waals surface area contributed by atoms with Crippen molar-refractivity contribution < 1.29 is 9.59 Å². The Morgan fingerprint density at radius 3 is 2.50 bits per heavy atom. The standard InChI is InChI=1S/C13H19N3O2/c1-4-10(14)12(17)15-11-8-6-5-7-9(11)13(18)16(2)3/h5-8,10H,4,14H2,1-3H3,(H,15,17)/t10-/m0/s1. The molecule has 1 atom stereocenters. The third-order valence-corrected chi connectivity index (χ3v) is 2.60. The van der Waals surface area contributed by atoms with Crippen molar-refractivity contribution in [1.29, 1.82) is 0 Å². The Balaban J connectivity index is 2.96. The number of nitrogens with two attached hydrogens (primary N) is 1. The highest BCUT2D eigenvalue weighted by molar-refractivity contribution is 6.04. The summed E-state index contributed by atoms with van der Waals surface area (Å²) in [4.78, 5) is 25.1. The van der Waals surface area contributed by atoms with E-state index < -0.39 is 6.04 Å². The molecule has 0 aromatic heterocycles. The quantitative estimate of drug-likeness (QED) is 0.838. The lowest BCUT2D eigenvalue weighted by molar-refractivity contribution is -0.117. The van der Waals surface area contributed by atoms with Crippen LogP contribution in [-0.2, 0) is 4.79 Å². The minimum Gasteiger partial charge on any atom is -0.345 e. The lowest BCUT2D eigenvalue weighted by Gasteiger charge is -2.16. The number of anilines is 1. The number of nitrogens with zero attached hydrogens (tertiary/aromatic N) is 1. The van der Waals surface area contributed by atoms with Gasteiger partial charge in [-0.25, -0.2) is 0 Å². The topological polar surface area (TPSA) is 75.4 Å². The van der Waals surface area contributed by atoms with Crippen LogP contribution in [0.25, 0.3) is 0 Å². The summed E-state index contributed by atoms with van der Waals surface area (Å²) in [5.74, 6) is -0.438. The third-order valence-electron chi connectivity index (χ3n) is 2.60. The minimum absolute atomic E-state index is 0.157. The van der Waals surface area contributed by atoms with Crippen LogP contribution in [0.15, 0.2) is 24.3 Å². The van der Waals surface area contributed by atoms with Crippen LogP contribution >= 0.6 is 0 Å². The summed E-state index contributed by atoms with van der Waals surface area (Å²) in [5.41, 5.74) is 6.59. The molecule has 98 valence electrons. The van der Waals surface area contributed by atoms with E-state index in [0.717, 1.165) is 0 Å². The Morgan fingerprint density at radius 1 is 1.33 bits per heavy atom. The molecule has 5 heteroatoms. The van der Waals surface area contributed by atoms with Gasteiger partial charge in [-0.05, 0) is 18.6 Å². The van der Waals surface area contributed by atoms with E-state index in [0.29, 0.717) is 17.7 Å². The summed E-state index contributed by atoms with van der Waals surface area (Å²) >= 11 is 0. The van der Waals surface area contributed by atoms with Crippen molar-refractivity contribution in [3.05, 3.63) is 29.8 Å². The molecule has 0 unspecified atom stereocenters. The molecule has 0 saturated carbocycles. The molecular weight excluding hydrogens is 230 g/mol. The summed E-state index contributed by atoms with van der Waals surface area (Å²) in [6, 6.07) is 6.32. The van der Waals surface area contributed by atoms with Crippen molar-refractivity contribution in [1.82, 2.24) is 4.90 Å². The van der Waals surface area contributed by atoms with E-state index >= 15 is 0 Å². The highest BCUT2D eigenvalue weighted by atomic mass is 16.2. The Hall–Kier alpha value is -1.88. The molecule has 18 heavy (non-hydrogen) atoms. The van der Waals surface area contributed by atoms with Crippen LogP contribution in [0, 0.1) is 0 Å². The van der Waals surface area contributed by atoms with Crippen molar-refractivity contribution >= 4 is 17.5 Å². The first-order chi connectivity index (χ1) is 8.47. The van der Waals surface area contributed by atoms with E-state index in [2.05, 4.69) is 5.32 Å². The highest BCUT2D eigenvalue weighted by Crippen LogP contribution is 2.16. The number of para-hydroxylation sites is 1. The number of rotatable bonds is 4. The van der Waals surface area contributed by atoms with Gasteiger partial charge in [-0.1, -0.05) is 19.1 Å². The van der Waals surface area contributed by atoms with Gasteiger partial charge < -0.3 is 16.0 Å². The molecule has 0 radical (unpaired) electrons. The molecule has 0 saturated heterocycles. The number of carbonyl (C=O) groups excluding carboxylic acids is 2. The number of hydrogen-bond donors (Lipinski definition) is 2. The third kappa shape index (κ3) is 3.30. The normalized spacial score (nSPS) is 11.8. The van der Waals surface area contributed by atoms with Crippen molar-refractivity contribution in [3.63, 3.8) is 0 Å². The molecule has 0 bridgehead atoms. The van der Waals surface area contributed by atoms with E-state index in [9.17, 15) is 9.59 Å². The van der Waals surface area contributed by atoms with Gasteiger partial charge >= 0.3 is 0 Å². The summed E-state index contributed by atoms with van der Waals surface area (Å²) in [6.07, 6.45) is 0.551. The SMILES string of the molecule is CC[C@H](N)C(=O)Nc1ccccc1C(=O)N(C)C. The van der Waals surface area contributed by atoms with Crippen LogP contribution in [0.4, 0.5) is 5.69 Å². The second kappa shape index (κ2) is 6.16. The van der Waals surface area contributed by atoms with Crippen LogP contribution in [0.3, 0.4) is 0 Å². The number of benzene rings is 1. The molecule has 0 spiro atoms. The first kappa shape index (κ1) is 14.2. The summed E-state index contributed by atoms with van der Waals surface area (Å²) in [6.45, 7) is 1.83. The first-order valence-corrected chi connectivity index (χ1v) is 5.84. The van der Waals surface area contributed by atoms with Crippen LogP contribution in [0.1, 0.15) is 23.7 Å². The van der Waals surface area contributed by atoms with Gasteiger partial charge in [-0.2, -0.15) is 0 Å². The predicted octanol–water partition coefficient (Wildman–Crippen LogP) is 1.06. The summed E-state index contributed by atoms with van der Waals surface area (Å²) in [7, 11) is 3.33. The molecule has 1 aromatic carbocycles. The molecule has 5 nitrogen and oxygen atoms in total. The van der Waals surface area contributed by atoms with Gasteiger partial charge in [0.15, 0.2) is 0 Å². The Labute approximate surface area is 107 Å². The summed E-state index contributed by atoms with van der Waals surface area (Å²) < 4.78 is 0. The maximum absolute atomic E-state index is 11.9. The van der Waals surface area contributed by atoms with Gasteiger partial charge in [-0.15, -0.1) is 0 Å². The van der Waals surface area contributed by atoms with Crippen LogP contribution < -0.4 is 11.1 Å². The van der Waals surface area contributed by atoms with Gasteiger partial charge in [-0.3, -0.25) is 9.59 Å². The zero-order chi connectivity index (χ0) is 13.7. The van der Waals surface area contributed by atoms with Gasteiger partial charge in [0.25, 0.3) is 5.91 Å². The van der Waals surface area contributed by atoms with Crippen LogP contribution in [0.2, 0.25) is 0 Å². The van der Waals surface area contributed by atoms with Crippen molar-refractivity contribution in [2.75, 3.05) is 19.4 Å². The van der Waals surface area contributed by atoms with E-state index in [1.807, 2.05) is 6.92 Å². The Morgan fingerprint density at radius 2 is 1.94 bits per heavy atom. The van der Waals surface area contributed by atoms with Gasteiger partial charge in [0.1, 0.15) is 0 Å². The number of carbonyl (C=O) groups is 2. The van der Waals surface area contributed by atoms with Gasteiger partial charge in [0, 0.05) is 14.1 Å². The average molecular weight is 249 g/mol. The minimum atomic E-state index is -0.562. The Bertz CT molecular complexity index is 444. The maximum Gasteiger partial charge on any atom is 0.255 e. The molecule has 0 heterocycles. The molecule has 0 fully saturated rings. The molecule has 1 aromatic rings. The average Bonchev–Trinajstić information content (AvgIpc) is 2.37. The Kier molecular flexibility index (Phi) is 4.85. The van der Waals surface area contributed by atoms with Crippen molar-refractivity contribution in [2.24, 2.45) is 5.73 Å². The molecule has 2 amide bonds. The molecule has 1 rings (SSSR count). The number of amides is 2. The second-order valence-corrected chi connectivity index (χ2v) is 4.25. The smallest absolute Gasteiger partial charge is 0.255 e. The first-order valence-electron chi connectivity index (χ1n) is 5.84. The second-order valence-electron chi connectivity index (χ2n) is 4.25. The predicted molar refractivity (Wildman–Crippen MR) is 71.4 cm³/mol. The fourth-order valence-electron chi connectivity index (χ4n) is 1.43. The fourth-order valence-corrected chi connectivity index (χ4v) is 1.43. The molecule has 0 aliphatic heterocycles. The molecule has 3 N–H and O–H groups in total. The van der Waals surface area contributed by atoms with E-state index in [1.165, 1.54) is 4.90 Å².